The van der Waals surface area contributed by atoms with E-state index in [1.165, 1.54) is 0 Å². The van der Waals surface area contributed by atoms with Crippen molar-refractivity contribution in [1.29, 1.82) is 0 Å². The minimum Gasteiger partial charge on any atom is -0.480 e. The molecule has 0 radical (unpaired) electrons. The monoisotopic (exact) mass is 295 g/mol. The Morgan fingerprint density at radius 3 is 2.55 bits per heavy atom. The molecule has 0 bridgehead atoms. The molecule has 110 valence electrons. The van der Waals surface area contributed by atoms with Crippen LogP contribution in [0.2, 0.25) is 0 Å². The second-order valence-corrected chi connectivity index (χ2v) is 4.82. The molecular weight excluding hydrogens is 282 g/mol. The number of carboxylic acids is 1. The number of rotatable bonds is 4. The van der Waals surface area contributed by atoms with Gasteiger partial charge in [-0.3, -0.25) is 9.36 Å². The summed E-state index contributed by atoms with van der Waals surface area (Å²) in [7, 11) is 0. The molecule has 3 rings (SSSR count). The second-order valence-electron chi connectivity index (χ2n) is 4.82. The standard InChI is InChI=1S/C17H13NO4/c19-16(20)11-18-14-10-13(8-9-15(14)22-17(18)21)7-6-12-4-2-1-3-5-12/h1-10H,11H2,(H,19,20)/b7-6+. The van der Waals surface area contributed by atoms with Crippen LogP contribution in [0.4, 0.5) is 0 Å². The van der Waals surface area contributed by atoms with Gasteiger partial charge in [0, 0.05) is 0 Å². The molecule has 22 heavy (non-hydrogen) atoms. The van der Waals surface area contributed by atoms with Gasteiger partial charge >= 0.3 is 11.7 Å². The summed E-state index contributed by atoms with van der Waals surface area (Å²) in [4.78, 5) is 22.5. The summed E-state index contributed by atoms with van der Waals surface area (Å²) in [5.74, 6) is -1.75. The van der Waals surface area contributed by atoms with Gasteiger partial charge in [0.05, 0.1) is 5.52 Å². The van der Waals surface area contributed by atoms with E-state index in [1.54, 1.807) is 12.1 Å². The van der Waals surface area contributed by atoms with Gasteiger partial charge in [-0.1, -0.05) is 48.6 Å². The van der Waals surface area contributed by atoms with E-state index in [9.17, 15) is 9.59 Å². The van der Waals surface area contributed by atoms with Crippen molar-refractivity contribution < 1.29 is 14.3 Å². The molecule has 0 saturated heterocycles. The first-order valence-corrected chi connectivity index (χ1v) is 6.72. The maximum atomic E-state index is 11.7. The zero-order chi connectivity index (χ0) is 15.5. The Morgan fingerprint density at radius 2 is 1.82 bits per heavy atom. The minimum atomic E-state index is -1.09. The summed E-state index contributed by atoms with van der Waals surface area (Å²) < 4.78 is 6.15. The Kier molecular flexibility index (Phi) is 3.62. The highest BCUT2D eigenvalue weighted by molar-refractivity contribution is 5.80. The van der Waals surface area contributed by atoms with Crippen LogP contribution in [0.25, 0.3) is 23.3 Å². The van der Waals surface area contributed by atoms with Crippen molar-refractivity contribution in [2.75, 3.05) is 0 Å². The molecule has 0 aliphatic rings. The molecule has 0 amide bonds. The Bertz CT molecular complexity index is 903. The Hall–Kier alpha value is -3.08. The summed E-state index contributed by atoms with van der Waals surface area (Å²) in [5, 5.41) is 8.88. The maximum Gasteiger partial charge on any atom is 0.420 e. The number of carbonyl (C=O) groups is 1. The summed E-state index contributed by atoms with van der Waals surface area (Å²) in [5.41, 5.74) is 2.76. The molecule has 5 nitrogen and oxygen atoms in total. The zero-order valence-electron chi connectivity index (χ0n) is 11.6. The van der Waals surface area contributed by atoms with E-state index in [4.69, 9.17) is 9.52 Å². The molecule has 0 atom stereocenters. The van der Waals surface area contributed by atoms with Crippen molar-refractivity contribution in [2.45, 2.75) is 6.54 Å². The summed E-state index contributed by atoms with van der Waals surface area (Å²) in [6, 6.07) is 15.0. The number of nitrogens with zero attached hydrogens (tertiary/aromatic N) is 1. The molecular formula is C17H13NO4. The third-order valence-corrected chi connectivity index (χ3v) is 3.25. The van der Waals surface area contributed by atoms with E-state index >= 15 is 0 Å². The highest BCUT2D eigenvalue weighted by Crippen LogP contribution is 2.17. The number of carboxylic acid groups (broad SMARTS) is 1. The number of oxazole rings is 1. The van der Waals surface area contributed by atoms with Gasteiger partial charge < -0.3 is 9.52 Å². The second kappa shape index (κ2) is 5.73. The van der Waals surface area contributed by atoms with Crippen LogP contribution in [0.15, 0.2) is 57.7 Å². The SMILES string of the molecule is O=C(O)Cn1c(=O)oc2ccc(/C=C/c3ccccc3)cc21. The normalized spacial score (nSPS) is 11.3. The van der Waals surface area contributed by atoms with Crippen LogP contribution in [-0.4, -0.2) is 15.6 Å². The molecule has 1 heterocycles. The third kappa shape index (κ3) is 2.83. The number of fused-ring (bicyclic) bond motifs is 1. The molecule has 0 aliphatic heterocycles. The first kappa shape index (κ1) is 13.9. The van der Waals surface area contributed by atoms with Crippen molar-refractivity contribution in [2.24, 2.45) is 0 Å². The Morgan fingerprint density at radius 1 is 1.09 bits per heavy atom. The minimum absolute atomic E-state index is 0.378. The largest absolute Gasteiger partial charge is 0.480 e. The molecule has 5 heteroatoms. The fourth-order valence-electron chi connectivity index (χ4n) is 2.22. The highest BCUT2D eigenvalue weighted by Gasteiger charge is 2.11. The third-order valence-electron chi connectivity index (χ3n) is 3.25. The first-order chi connectivity index (χ1) is 10.6. The van der Waals surface area contributed by atoms with E-state index in [0.29, 0.717) is 11.1 Å². The number of aromatic nitrogens is 1. The van der Waals surface area contributed by atoms with E-state index in [-0.39, 0.29) is 0 Å². The lowest BCUT2D eigenvalue weighted by Crippen LogP contribution is -2.19. The van der Waals surface area contributed by atoms with E-state index in [0.717, 1.165) is 15.7 Å². The van der Waals surface area contributed by atoms with Gasteiger partial charge in [0.2, 0.25) is 0 Å². The Labute approximate surface area is 125 Å². The average Bonchev–Trinajstić information content (AvgIpc) is 2.81. The van der Waals surface area contributed by atoms with Crippen LogP contribution in [0.5, 0.6) is 0 Å². The van der Waals surface area contributed by atoms with Gasteiger partial charge in [0.25, 0.3) is 0 Å². The topological polar surface area (TPSA) is 72.4 Å². The zero-order valence-corrected chi connectivity index (χ0v) is 11.6. The van der Waals surface area contributed by atoms with Crippen LogP contribution in [-0.2, 0) is 11.3 Å². The highest BCUT2D eigenvalue weighted by atomic mass is 16.4. The lowest BCUT2D eigenvalue weighted by molar-refractivity contribution is -0.137. The number of aliphatic carboxylic acids is 1. The predicted molar refractivity (Wildman–Crippen MR) is 83.5 cm³/mol. The van der Waals surface area contributed by atoms with Gasteiger partial charge in [-0.25, -0.2) is 4.79 Å². The number of benzene rings is 2. The van der Waals surface area contributed by atoms with Gasteiger partial charge in [-0.05, 0) is 23.3 Å². The van der Waals surface area contributed by atoms with Gasteiger partial charge in [-0.2, -0.15) is 0 Å². The van der Waals surface area contributed by atoms with E-state index in [2.05, 4.69) is 0 Å². The molecule has 0 unspecified atom stereocenters. The van der Waals surface area contributed by atoms with Crippen LogP contribution in [0.3, 0.4) is 0 Å². The smallest absolute Gasteiger partial charge is 0.420 e. The van der Waals surface area contributed by atoms with Gasteiger partial charge in [-0.15, -0.1) is 0 Å². The molecule has 3 aromatic rings. The lowest BCUT2D eigenvalue weighted by Gasteiger charge is -1.99. The fraction of sp³-hybridized carbons (Fsp3) is 0.0588. The number of hydrogen-bond acceptors (Lipinski definition) is 3. The first-order valence-electron chi connectivity index (χ1n) is 6.72. The Balaban J connectivity index is 2.00. The van der Waals surface area contributed by atoms with Crippen molar-refractivity contribution in [3.8, 4) is 0 Å². The summed E-state index contributed by atoms with van der Waals surface area (Å²) >= 11 is 0. The molecule has 0 saturated carbocycles. The molecule has 0 fully saturated rings. The van der Waals surface area contributed by atoms with Crippen molar-refractivity contribution in [3.05, 3.63) is 70.2 Å². The molecule has 0 spiro atoms. The lowest BCUT2D eigenvalue weighted by atomic mass is 10.1. The van der Waals surface area contributed by atoms with E-state index < -0.39 is 18.3 Å². The molecule has 2 aromatic carbocycles. The quantitative estimate of drug-likeness (QED) is 0.751. The predicted octanol–water partition coefficient (Wildman–Crippen LogP) is 2.85. The molecule has 0 aliphatic carbocycles. The van der Waals surface area contributed by atoms with Crippen molar-refractivity contribution in [3.63, 3.8) is 0 Å². The summed E-state index contributed by atoms with van der Waals surface area (Å²) in [6.07, 6.45) is 3.85. The van der Waals surface area contributed by atoms with Crippen LogP contribution in [0, 0.1) is 0 Å². The average molecular weight is 295 g/mol. The van der Waals surface area contributed by atoms with Gasteiger partial charge in [0.15, 0.2) is 5.58 Å². The van der Waals surface area contributed by atoms with Crippen molar-refractivity contribution in [1.82, 2.24) is 4.57 Å². The van der Waals surface area contributed by atoms with E-state index in [1.807, 2.05) is 48.6 Å². The fourth-order valence-corrected chi connectivity index (χ4v) is 2.22. The number of hydrogen-bond donors (Lipinski definition) is 1. The van der Waals surface area contributed by atoms with Crippen LogP contribution >= 0.6 is 0 Å². The van der Waals surface area contributed by atoms with Crippen molar-refractivity contribution >= 4 is 29.2 Å². The molecule has 1 N–H and O–H groups in total. The molecule has 1 aromatic heterocycles. The van der Waals surface area contributed by atoms with Crippen LogP contribution in [0.1, 0.15) is 11.1 Å². The summed E-state index contributed by atoms with van der Waals surface area (Å²) in [6.45, 7) is -0.419. The van der Waals surface area contributed by atoms with Gasteiger partial charge in [0.1, 0.15) is 6.54 Å². The van der Waals surface area contributed by atoms with Crippen LogP contribution < -0.4 is 5.76 Å². The maximum absolute atomic E-state index is 11.7.